The molecule has 112 valence electrons. The summed E-state index contributed by atoms with van der Waals surface area (Å²) in [6.07, 6.45) is 3.79. The van der Waals surface area contributed by atoms with E-state index in [-0.39, 0.29) is 6.10 Å². The van der Waals surface area contributed by atoms with Crippen molar-refractivity contribution in [1.29, 1.82) is 0 Å². The predicted octanol–water partition coefficient (Wildman–Crippen LogP) is 1.60. The van der Waals surface area contributed by atoms with E-state index in [9.17, 15) is 0 Å². The lowest BCUT2D eigenvalue weighted by Gasteiger charge is -2.28. The lowest BCUT2D eigenvalue weighted by molar-refractivity contribution is 0.0215. The molecule has 2 rings (SSSR count). The van der Waals surface area contributed by atoms with Crippen LogP contribution < -0.4 is 10.6 Å². The number of hydrogen-bond acceptors (Lipinski definition) is 6. The minimum Gasteiger partial charge on any atom is -0.384 e. The summed E-state index contributed by atoms with van der Waals surface area (Å²) < 4.78 is 11.1. The number of nitrogen functional groups attached to an aromatic ring is 1. The Hall–Kier alpha value is -1.40. The van der Waals surface area contributed by atoms with Crippen LogP contribution in [0.1, 0.15) is 32.0 Å². The van der Waals surface area contributed by atoms with E-state index in [0.717, 1.165) is 25.4 Å². The van der Waals surface area contributed by atoms with Crippen molar-refractivity contribution in [2.45, 2.75) is 38.9 Å². The maximum atomic E-state index is 5.84. The number of ether oxygens (including phenoxy) is 2. The summed E-state index contributed by atoms with van der Waals surface area (Å²) in [6, 6.07) is 1.79. The van der Waals surface area contributed by atoms with E-state index in [1.54, 1.807) is 6.07 Å². The molecule has 1 aliphatic heterocycles. The zero-order chi connectivity index (χ0) is 14.4. The van der Waals surface area contributed by atoms with E-state index in [4.69, 9.17) is 15.2 Å². The Labute approximate surface area is 120 Å². The van der Waals surface area contributed by atoms with Gasteiger partial charge in [0.05, 0.1) is 6.10 Å². The van der Waals surface area contributed by atoms with Gasteiger partial charge in [0.25, 0.3) is 0 Å². The summed E-state index contributed by atoms with van der Waals surface area (Å²) in [5, 5.41) is 0. The molecule has 1 aromatic heterocycles. The molecule has 1 saturated heterocycles. The Kier molecular flexibility index (Phi) is 5.55. The fraction of sp³-hybridized carbons (Fsp3) is 0.714. The molecule has 0 saturated carbocycles. The third-order valence-corrected chi connectivity index (χ3v) is 3.36. The molecule has 20 heavy (non-hydrogen) atoms. The van der Waals surface area contributed by atoms with Gasteiger partial charge in [-0.25, -0.2) is 9.97 Å². The second-order valence-corrected chi connectivity index (χ2v) is 5.07. The largest absolute Gasteiger partial charge is 0.384 e. The first-order valence-electron chi connectivity index (χ1n) is 7.23. The zero-order valence-corrected chi connectivity index (χ0v) is 12.3. The van der Waals surface area contributed by atoms with Crippen LogP contribution >= 0.6 is 0 Å². The first-order chi connectivity index (χ1) is 9.69. The summed E-state index contributed by atoms with van der Waals surface area (Å²) in [5.74, 6) is 1.92. The van der Waals surface area contributed by atoms with Gasteiger partial charge in [-0.15, -0.1) is 0 Å². The third-order valence-electron chi connectivity index (χ3n) is 3.36. The minimum absolute atomic E-state index is 0.278. The number of likely N-dealkylation sites (N-methyl/N-ethyl adjacent to an activating group) is 1. The molecule has 1 atom stereocenters. The van der Waals surface area contributed by atoms with Gasteiger partial charge in [-0.1, -0.05) is 0 Å². The Morgan fingerprint density at radius 1 is 1.45 bits per heavy atom. The molecule has 6 nitrogen and oxygen atoms in total. The second-order valence-electron chi connectivity index (χ2n) is 5.07. The van der Waals surface area contributed by atoms with Crippen LogP contribution in [-0.2, 0) is 16.1 Å². The van der Waals surface area contributed by atoms with Gasteiger partial charge in [0, 0.05) is 32.9 Å². The van der Waals surface area contributed by atoms with Crippen LogP contribution in [0.4, 0.5) is 11.6 Å². The molecule has 2 N–H and O–H groups in total. The maximum Gasteiger partial charge on any atom is 0.158 e. The van der Waals surface area contributed by atoms with Crippen molar-refractivity contribution in [2.75, 3.05) is 37.4 Å². The average molecular weight is 280 g/mol. The molecule has 2 heterocycles. The van der Waals surface area contributed by atoms with E-state index >= 15 is 0 Å². The van der Waals surface area contributed by atoms with Crippen LogP contribution in [0.3, 0.4) is 0 Å². The van der Waals surface area contributed by atoms with Crippen molar-refractivity contribution in [3.63, 3.8) is 0 Å². The highest BCUT2D eigenvalue weighted by Crippen LogP contribution is 2.18. The Bertz CT molecular complexity index is 422. The topological polar surface area (TPSA) is 73.5 Å². The Balaban J connectivity index is 2.00. The van der Waals surface area contributed by atoms with Gasteiger partial charge in [-0.05, 0) is 26.2 Å². The normalized spacial score (nSPS) is 19.0. The number of nitrogens with two attached hydrogens (primary N) is 1. The molecule has 0 spiro atoms. The monoisotopic (exact) mass is 280 g/mol. The highest BCUT2D eigenvalue weighted by Gasteiger charge is 2.17. The molecule has 0 bridgehead atoms. The van der Waals surface area contributed by atoms with Crippen LogP contribution in [0.25, 0.3) is 0 Å². The van der Waals surface area contributed by atoms with Crippen LogP contribution in [0.15, 0.2) is 6.07 Å². The molecule has 6 heteroatoms. The number of hydrogen-bond donors (Lipinski definition) is 1. The Morgan fingerprint density at radius 3 is 3.00 bits per heavy atom. The van der Waals surface area contributed by atoms with Gasteiger partial charge >= 0.3 is 0 Å². The molecule has 0 aliphatic carbocycles. The van der Waals surface area contributed by atoms with Crippen LogP contribution in [0.2, 0.25) is 0 Å². The lowest BCUT2D eigenvalue weighted by atomic mass is 10.1. The highest BCUT2D eigenvalue weighted by molar-refractivity contribution is 5.46. The van der Waals surface area contributed by atoms with E-state index in [1.807, 2.05) is 14.0 Å². The predicted molar refractivity (Wildman–Crippen MR) is 78.6 cm³/mol. The van der Waals surface area contributed by atoms with Gasteiger partial charge in [0.2, 0.25) is 0 Å². The molecule has 0 aromatic carbocycles. The average Bonchev–Trinajstić information content (AvgIpc) is 2.45. The number of rotatable bonds is 6. The maximum absolute atomic E-state index is 5.84. The smallest absolute Gasteiger partial charge is 0.158 e. The van der Waals surface area contributed by atoms with Gasteiger partial charge < -0.3 is 20.1 Å². The van der Waals surface area contributed by atoms with Crippen molar-refractivity contribution in [3.8, 4) is 0 Å². The molecule has 1 fully saturated rings. The molecule has 0 radical (unpaired) electrons. The molecular formula is C14H24N4O2. The number of anilines is 2. The molecule has 0 amide bonds. The first kappa shape index (κ1) is 15.0. The summed E-state index contributed by atoms with van der Waals surface area (Å²) in [7, 11) is 2.00. The number of aromatic nitrogens is 2. The van der Waals surface area contributed by atoms with Gasteiger partial charge in [-0.2, -0.15) is 0 Å². The Morgan fingerprint density at radius 2 is 2.30 bits per heavy atom. The SMILES string of the molecule is CCOCc1nc(N)cc(N(C)CC2CCCCO2)n1. The van der Waals surface area contributed by atoms with E-state index in [0.29, 0.717) is 24.9 Å². The number of nitrogens with zero attached hydrogens (tertiary/aromatic N) is 3. The molecule has 1 unspecified atom stereocenters. The van der Waals surface area contributed by atoms with Crippen molar-refractivity contribution in [2.24, 2.45) is 0 Å². The summed E-state index contributed by atoms with van der Waals surface area (Å²) in [4.78, 5) is 10.7. The quantitative estimate of drug-likeness (QED) is 0.853. The fourth-order valence-electron chi connectivity index (χ4n) is 2.31. The van der Waals surface area contributed by atoms with Crippen molar-refractivity contribution < 1.29 is 9.47 Å². The van der Waals surface area contributed by atoms with Crippen molar-refractivity contribution >= 4 is 11.6 Å². The van der Waals surface area contributed by atoms with Crippen LogP contribution in [0, 0.1) is 0 Å². The fourth-order valence-corrected chi connectivity index (χ4v) is 2.31. The third kappa shape index (κ3) is 4.31. The van der Waals surface area contributed by atoms with Gasteiger partial charge in [-0.3, -0.25) is 0 Å². The molecule has 1 aromatic rings. The van der Waals surface area contributed by atoms with E-state index in [2.05, 4.69) is 14.9 Å². The second kappa shape index (κ2) is 7.40. The molecular weight excluding hydrogens is 256 g/mol. The zero-order valence-electron chi connectivity index (χ0n) is 12.3. The standard InChI is InChI=1S/C14H24N4O2/c1-3-19-10-13-16-12(15)8-14(17-13)18(2)9-11-6-4-5-7-20-11/h8,11H,3-7,9-10H2,1-2H3,(H2,15,16,17). The van der Waals surface area contributed by atoms with Crippen LogP contribution in [0.5, 0.6) is 0 Å². The van der Waals surface area contributed by atoms with Crippen molar-refractivity contribution in [3.05, 3.63) is 11.9 Å². The van der Waals surface area contributed by atoms with E-state index in [1.165, 1.54) is 12.8 Å². The van der Waals surface area contributed by atoms with Gasteiger partial charge in [0.1, 0.15) is 18.2 Å². The minimum atomic E-state index is 0.278. The van der Waals surface area contributed by atoms with Crippen molar-refractivity contribution in [1.82, 2.24) is 9.97 Å². The molecule has 1 aliphatic rings. The summed E-state index contributed by atoms with van der Waals surface area (Å²) in [6.45, 7) is 4.66. The summed E-state index contributed by atoms with van der Waals surface area (Å²) in [5.41, 5.74) is 5.84. The van der Waals surface area contributed by atoms with E-state index < -0.39 is 0 Å². The highest BCUT2D eigenvalue weighted by atomic mass is 16.5. The van der Waals surface area contributed by atoms with Gasteiger partial charge in [0.15, 0.2) is 5.82 Å². The van der Waals surface area contributed by atoms with Crippen LogP contribution in [-0.4, -0.2) is 42.9 Å². The summed E-state index contributed by atoms with van der Waals surface area (Å²) >= 11 is 0. The lowest BCUT2D eigenvalue weighted by Crippen LogP contribution is -2.34. The first-order valence-corrected chi connectivity index (χ1v) is 7.23.